The molecule has 3 rings (SSSR count). The molecule has 8 nitrogen and oxygen atoms in total. The van der Waals surface area contributed by atoms with Crippen molar-refractivity contribution in [3.05, 3.63) is 18.2 Å². The molecule has 8 heteroatoms. The predicted molar refractivity (Wildman–Crippen MR) is 86.6 cm³/mol. The highest BCUT2D eigenvalue weighted by Gasteiger charge is 2.22. The maximum Gasteiger partial charge on any atom is 0.235 e. The van der Waals surface area contributed by atoms with Gasteiger partial charge in [0, 0.05) is 11.8 Å². The van der Waals surface area contributed by atoms with E-state index in [1.807, 2.05) is 0 Å². The van der Waals surface area contributed by atoms with E-state index in [0.717, 1.165) is 0 Å². The van der Waals surface area contributed by atoms with E-state index in [-0.39, 0.29) is 23.7 Å². The van der Waals surface area contributed by atoms with Crippen molar-refractivity contribution in [3.63, 3.8) is 0 Å². The Morgan fingerprint density at radius 2 is 2.09 bits per heavy atom. The number of amides is 1. The zero-order chi connectivity index (χ0) is 16.4. The number of aliphatic imine (C=N–C) groups is 3. The number of nitrogens with one attached hydrogen (secondary N) is 1. The van der Waals surface area contributed by atoms with Gasteiger partial charge in [0.2, 0.25) is 17.8 Å². The molecule has 0 aliphatic carbocycles. The average molecular weight is 315 g/mol. The van der Waals surface area contributed by atoms with E-state index >= 15 is 0 Å². The first kappa shape index (κ1) is 15.0. The summed E-state index contributed by atoms with van der Waals surface area (Å²) in [5.74, 6) is 0.987. The maximum atomic E-state index is 11.7. The van der Waals surface area contributed by atoms with E-state index in [9.17, 15) is 4.79 Å². The highest BCUT2D eigenvalue weighted by atomic mass is 16.6. The van der Waals surface area contributed by atoms with Crippen LogP contribution in [0.15, 0.2) is 33.2 Å². The molecule has 0 aromatic heterocycles. The minimum atomic E-state index is -0.273. The van der Waals surface area contributed by atoms with Gasteiger partial charge in [0.1, 0.15) is 13.2 Å². The van der Waals surface area contributed by atoms with Crippen molar-refractivity contribution in [1.82, 2.24) is 5.32 Å². The first-order valence-electron chi connectivity index (χ1n) is 7.21. The van der Waals surface area contributed by atoms with Crippen LogP contribution in [0.1, 0.15) is 13.8 Å². The summed E-state index contributed by atoms with van der Waals surface area (Å²) in [7, 11) is 0. The van der Waals surface area contributed by atoms with Gasteiger partial charge in [-0.25, -0.2) is 9.98 Å². The molecule has 0 fully saturated rings. The fourth-order valence-electron chi connectivity index (χ4n) is 2.12. The lowest BCUT2D eigenvalue weighted by Gasteiger charge is -2.18. The van der Waals surface area contributed by atoms with Gasteiger partial charge in [0.25, 0.3) is 0 Å². The van der Waals surface area contributed by atoms with Crippen molar-refractivity contribution in [2.24, 2.45) is 26.6 Å². The van der Waals surface area contributed by atoms with Gasteiger partial charge in [-0.15, -0.1) is 0 Å². The van der Waals surface area contributed by atoms with Gasteiger partial charge in [-0.05, 0) is 26.0 Å². The molecule has 0 saturated heterocycles. The number of nitrogens with two attached hydrogens (primary N) is 1. The monoisotopic (exact) mass is 315 g/mol. The van der Waals surface area contributed by atoms with Crippen molar-refractivity contribution in [1.29, 1.82) is 0 Å². The second kappa shape index (κ2) is 6.07. The Kier molecular flexibility index (Phi) is 3.96. The summed E-state index contributed by atoms with van der Waals surface area (Å²) in [4.78, 5) is 24.1. The Morgan fingerprint density at radius 1 is 1.35 bits per heavy atom. The maximum absolute atomic E-state index is 11.7. The Balaban J connectivity index is 1.83. The zero-order valence-corrected chi connectivity index (χ0v) is 12.9. The number of nitrogens with zero attached hydrogens (tertiary/aromatic N) is 3. The number of ether oxygens (including phenoxy) is 2. The lowest BCUT2D eigenvalue weighted by atomic mass is 10.1. The van der Waals surface area contributed by atoms with Crippen molar-refractivity contribution in [3.8, 4) is 11.5 Å². The summed E-state index contributed by atoms with van der Waals surface area (Å²) < 4.78 is 10.9. The Labute approximate surface area is 133 Å². The normalized spacial score (nSPS) is 22.6. The number of rotatable bonds is 1. The fraction of sp³-hybridized carbons (Fsp3) is 0.333. The number of carbonyl (C=O) groups is 1. The topological polar surface area (TPSA) is 111 Å². The highest BCUT2D eigenvalue weighted by molar-refractivity contribution is 6.18. The summed E-state index contributed by atoms with van der Waals surface area (Å²) in [5, 5.41) is 2.58. The lowest BCUT2D eigenvalue weighted by molar-refractivity contribution is -0.121. The van der Waals surface area contributed by atoms with Crippen LogP contribution in [0, 0.1) is 5.92 Å². The third-order valence-corrected chi connectivity index (χ3v) is 3.53. The van der Waals surface area contributed by atoms with Gasteiger partial charge < -0.3 is 15.2 Å². The minimum absolute atomic E-state index is 0.0110. The van der Waals surface area contributed by atoms with Crippen molar-refractivity contribution in [2.45, 2.75) is 13.8 Å². The first-order chi connectivity index (χ1) is 11.0. The van der Waals surface area contributed by atoms with E-state index in [1.165, 1.54) is 0 Å². The standard InChI is InChI=1S/C15H17N5O3/c1-8-9(2)17-15(19-13(8)21)20-14(16)18-10-3-4-11-12(7-10)23-6-5-22-11/h3-4,7-8H,5-6H2,1-2H3,(H3,16,18,19,20,21). The molecule has 1 unspecified atom stereocenters. The molecule has 2 aliphatic heterocycles. The minimum Gasteiger partial charge on any atom is -0.486 e. The average Bonchev–Trinajstić information content (AvgIpc) is 2.52. The van der Waals surface area contributed by atoms with Gasteiger partial charge in [0.05, 0.1) is 11.6 Å². The van der Waals surface area contributed by atoms with Crippen LogP contribution in [0.4, 0.5) is 5.69 Å². The van der Waals surface area contributed by atoms with Gasteiger partial charge >= 0.3 is 0 Å². The van der Waals surface area contributed by atoms with Crippen LogP contribution in [-0.4, -0.2) is 36.8 Å². The van der Waals surface area contributed by atoms with E-state index in [1.54, 1.807) is 32.0 Å². The summed E-state index contributed by atoms with van der Waals surface area (Å²) >= 11 is 0. The number of carbonyl (C=O) groups excluding carboxylic acids is 1. The molecule has 1 aromatic carbocycles. The van der Waals surface area contributed by atoms with E-state index < -0.39 is 0 Å². The van der Waals surface area contributed by atoms with Crippen LogP contribution in [0.3, 0.4) is 0 Å². The number of fused-ring (bicyclic) bond motifs is 1. The zero-order valence-electron chi connectivity index (χ0n) is 12.9. The van der Waals surface area contributed by atoms with Crippen molar-refractivity contribution < 1.29 is 14.3 Å². The summed E-state index contributed by atoms with van der Waals surface area (Å²) in [6.07, 6.45) is 0. The summed E-state index contributed by atoms with van der Waals surface area (Å²) in [6.45, 7) is 4.57. The Bertz CT molecular complexity index is 739. The highest BCUT2D eigenvalue weighted by Crippen LogP contribution is 2.33. The third-order valence-electron chi connectivity index (χ3n) is 3.53. The molecule has 2 aliphatic rings. The summed E-state index contributed by atoms with van der Waals surface area (Å²) in [6, 6.07) is 5.23. The quantitative estimate of drug-likeness (QED) is 0.594. The molecule has 3 N–H and O–H groups in total. The number of benzene rings is 1. The Hall–Kier alpha value is -2.90. The molecule has 0 bridgehead atoms. The molecule has 1 amide bonds. The first-order valence-corrected chi connectivity index (χ1v) is 7.21. The van der Waals surface area contributed by atoms with Crippen molar-refractivity contribution in [2.75, 3.05) is 13.2 Å². The van der Waals surface area contributed by atoms with E-state index in [0.29, 0.717) is 36.1 Å². The van der Waals surface area contributed by atoms with Crippen LogP contribution in [0.2, 0.25) is 0 Å². The van der Waals surface area contributed by atoms with Gasteiger partial charge in [0.15, 0.2) is 11.5 Å². The summed E-state index contributed by atoms with van der Waals surface area (Å²) in [5.41, 5.74) is 7.06. The van der Waals surface area contributed by atoms with Crippen LogP contribution < -0.4 is 20.5 Å². The molecule has 23 heavy (non-hydrogen) atoms. The van der Waals surface area contributed by atoms with E-state index in [4.69, 9.17) is 15.2 Å². The molecule has 0 spiro atoms. The van der Waals surface area contributed by atoms with Crippen molar-refractivity contribution >= 4 is 29.2 Å². The largest absolute Gasteiger partial charge is 0.486 e. The second-order valence-corrected chi connectivity index (χ2v) is 5.20. The second-order valence-electron chi connectivity index (χ2n) is 5.20. The van der Waals surface area contributed by atoms with Crippen LogP contribution >= 0.6 is 0 Å². The molecule has 0 radical (unpaired) electrons. The smallest absolute Gasteiger partial charge is 0.235 e. The fourth-order valence-corrected chi connectivity index (χ4v) is 2.12. The SMILES string of the molecule is CC1=NC(=NC(N)=Nc2ccc3c(c2)OCCO3)NC(=O)C1C. The van der Waals surface area contributed by atoms with Crippen LogP contribution in [0.5, 0.6) is 11.5 Å². The molecule has 120 valence electrons. The lowest BCUT2D eigenvalue weighted by Crippen LogP contribution is -2.42. The van der Waals surface area contributed by atoms with Gasteiger partial charge in [-0.2, -0.15) is 4.99 Å². The molecule has 1 aromatic rings. The molecule has 1 atom stereocenters. The van der Waals surface area contributed by atoms with Crippen LogP contribution in [-0.2, 0) is 4.79 Å². The number of hydrogen-bond acceptors (Lipinski definition) is 4. The molecular formula is C15H17N5O3. The predicted octanol–water partition coefficient (Wildman–Crippen LogP) is 0.987. The van der Waals surface area contributed by atoms with Gasteiger partial charge in [-0.3, -0.25) is 10.1 Å². The van der Waals surface area contributed by atoms with Crippen LogP contribution in [0.25, 0.3) is 0 Å². The Morgan fingerprint density at radius 3 is 2.83 bits per heavy atom. The molecule has 0 saturated carbocycles. The molecular weight excluding hydrogens is 298 g/mol. The van der Waals surface area contributed by atoms with E-state index in [2.05, 4.69) is 20.3 Å². The number of hydrogen-bond donors (Lipinski definition) is 2. The third kappa shape index (κ3) is 3.31. The molecule has 2 heterocycles. The van der Waals surface area contributed by atoms with Gasteiger partial charge in [-0.1, -0.05) is 0 Å². The number of guanidine groups is 2.